The molecule has 0 fully saturated rings. The van der Waals surface area contributed by atoms with Crippen LogP contribution in [0.3, 0.4) is 0 Å². The third-order valence-electron chi connectivity index (χ3n) is 3.02. The van der Waals surface area contributed by atoms with Crippen LogP contribution in [0.25, 0.3) is 0 Å². The van der Waals surface area contributed by atoms with Gasteiger partial charge in [-0.3, -0.25) is 10.1 Å². The zero-order chi connectivity index (χ0) is 15.4. The fraction of sp³-hybridized carbons (Fsp3) is 0.231. The summed E-state index contributed by atoms with van der Waals surface area (Å²) in [5, 5.41) is 11.1. The van der Waals surface area contributed by atoms with Gasteiger partial charge in [-0.15, -0.1) is 0 Å². The van der Waals surface area contributed by atoms with Crippen LogP contribution in [0.2, 0.25) is 0 Å². The van der Waals surface area contributed by atoms with Crippen molar-refractivity contribution in [3.05, 3.63) is 51.7 Å². The van der Waals surface area contributed by atoms with Gasteiger partial charge in [0.05, 0.1) is 11.0 Å². The lowest BCUT2D eigenvalue weighted by molar-refractivity contribution is -0.385. The summed E-state index contributed by atoms with van der Waals surface area (Å²) in [6.07, 6.45) is -0.216. The average molecular weight is 289 g/mol. The number of hydrogen-bond acceptors (Lipinski definition) is 7. The van der Waals surface area contributed by atoms with Crippen LogP contribution in [-0.2, 0) is 11.2 Å². The van der Waals surface area contributed by atoms with E-state index in [0.717, 1.165) is 5.56 Å². The number of nitrogens with zero attached hydrogens (tertiary/aromatic N) is 3. The lowest BCUT2D eigenvalue weighted by Crippen LogP contribution is -2.13. The molecule has 2 aromatic rings. The molecule has 4 N–H and O–H groups in total. The predicted molar refractivity (Wildman–Crippen MR) is 77.4 cm³/mol. The molecule has 8 nitrogen and oxygen atoms in total. The number of nitrogens with two attached hydrogens (primary N) is 2. The minimum absolute atomic E-state index is 0.101. The molecule has 0 saturated carbocycles. The van der Waals surface area contributed by atoms with E-state index in [0.29, 0.717) is 0 Å². The molecule has 0 amide bonds. The van der Waals surface area contributed by atoms with Gasteiger partial charge >= 0.3 is 5.69 Å². The SMILES string of the molecule is COC(Cc1nc(N)nc(N)c1[N+](=O)[O-])c1ccccc1. The summed E-state index contributed by atoms with van der Waals surface area (Å²) >= 11 is 0. The molecule has 0 saturated heterocycles. The summed E-state index contributed by atoms with van der Waals surface area (Å²) in [5.74, 6) is -0.346. The lowest BCUT2D eigenvalue weighted by atomic mass is 10.0. The number of anilines is 2. The summed E-state index contributed by atoms with van der Waals surface area (Å²) in [6.45, 7) is 0. The summed E-state index contributed by atoms with van der Waals surface area (Å²) < 4.78 is 5.39. The normalized spacial score (nSPS) is 12.0. The van der Waals surface area contributed by atoms with Crippen LogP contribution < -0.4 is 11.5 Å². The van der Waals surface area contributed by atoms with Crippen molar-refractivity contribution in [2.24, 2.45) is 0 Å². The maximum absolute atomic E-state index is 11.1. The van der Waals surface area contributed by atoms with Crippen molar-refractivity contribution in [3.8, 4) is 0 Å². The summed E-state index contributed by atoms with van der Waals surface area (Å²) in [7, 11) is 1.53. The van der Waals surface area contributed by atoms with E-state index >= 15 is 0 Å². The van der Waals surface area contributed by atoms with Crippen molar-refractivity contribution in [2.45, 2.75) is 12.5 Å². The number of methoxy groups -OCH3 is 1. The molecule has 0 aliphatic heterocycles. The van der Waals surface area contributed by atoms with E-state index in [9.17, 15) is 10.1 Å². The summed E-state index contributed by atoms with van der Waals surface area (Å²) in [5.41, 5.74) is 11.8. The average Bonchev–Trinajstić information content (AvgIpc) is 2.44. The maximum Gasteiger partial charge on any atom is 0.332 e. The van der Waals surface area contributed by atoms with Crippen molar-refractivity contribution < 1.29 is 9.66 Å². The second-order valence-corrected chi connectivity index (χ2v) is 4.36. The van der Waals surface area contributed by atoms with E-state index in [1.165, 1.54) is 7.11 Å². The van der Waals surface area contributed by atoms with E-state index in [1.54, 1.807) is 0 Å². The fourth-order valence-corrected chi connectivity index (χ4v) is 2.06. The van der Waals surface area contributed by atoms with Crippen LogP contribution in [-0.4, -0.2) is 22.0 Å². The molecule has 2 rings (SSSR count). The van der Waals surface area contributed by atoms with Crippen molar-refractivity contribution in [1.29, 1.82) is 0 Å². The first kappa shape index (κ1) is 14.7. The molecular weight excluding hydrogens is 274 g/mol. The molecular formula is C13H15N5O3. The van der Waals surface area contributed by atoms with Crippen molar-refractivity contribution in [1.82, 2.24) is 9.97 Å². The smallest absolute Gasteiger partial charge is 0.332 e. The number of hydrogen-bond donors (Lipinski definition) is 2. The highest BCUT2D eigenvalue weighted by Crippen LogP contribution is 2.29. The number of benzene rings is 1. The van der Waals surface area contributed by atoms with Gasteiger partial charge < -0.3 is 16.2 Å². The molecule has 110 valence electrons. The van der Waals surface area contributed by atoms with Crippen molar-refractivity contribution >= 4 is 17.5 Å². The Morgan fingerprint density at radius 1 is 1.29 bits per heavy atom. The van der Waals surface area contributed by atoms with Gasteiger partial charge in [0, 0.05) is 13.5 Å². The van der Waals surface area contributed by atoms with Gasteiger partial charge in [-0.25, -0.2) is 4.98 Å². The largest absolute Gasteiger partial charge is 0.378 e. The first-order valence-corrected chi connectivity index (χ1v) is 6.17. The molecule has 0 spiro atoms. The van der Waals surface area contributed by atoms with Crippen molar-refractivity contribution in [3.63, 3.8) is 0 Å². The standard InChI is InChI=1S/C13H15N5O3/c1-21-10(8-5-3-2-4-6-8)7-9-11(18(19)20)12(14)17-13(15)16-9/h2-6,10H,7H2,1H3,(H4,14,15,16,17). The second kappa shape index (κ2) is 6.14. The van der Waals surface area contributed by atoms with E-state index in [2.05, 4.69) is 9.97 Å². The number of ether oxygens (including phenoxy) is 1. The van der Waals surface area contributed by atoms with Crippen LogP contribution in [0.4, 0.5) is 17.5 Å². The van der Waals surface area contributed by atoms with E-state index in [-0.39, 0.29) is 29.6 Å². The maximum atomic E-state index is 11.1. The minimum atomic E-state index is -0.609. The Hall–Kier alpha value is -2.74. The third kappa shape index (κ3) is 3.23. The summed E-state index contributed by atoms with van der Waals surface area (Å²) in [4.78, 5) is 18.1. The fourth-order valence-electron chi connectivity index (χ4n) is 2.06. The van der Waals surface area contributed by atoms with Crippen LogP contribution >= 0.6 is 0 Å². The molecule has 21 heavy (non-hydrogen) atoms. The molecule has 0 radical (unpaired) electrons. The highest BCUT2D eigenvalue weighted by Gasteiger charge is 2.25. The van der Waals surface area contributed by atoms with Gasteiger partial charge in [-0.1, -0.05) is 30.3 Å². The molecule has 0 aliphatic rings. The summed E-state index contributed by atoms with van der Waals surface area (Å²) in [6, 6.07) is 9.33. The van der Waals surface area contributed by atoms with E-state index in [1.807, 2.05) is 30.3 Å². The molecule has 8 heteroatoms. The highest BCUT2D eigenvalue weighted by atomic mass is 16.6. The number of nitro groups is 1. The van der Waals surface area contributed by atoms with Crippen LogP contribution in [0, 0.1) is 10.1 Å². The minimum Gasteiger partial charge on any atom is -0.378 e. The van der Waals surface area contributed by atoms with Gasteiger partial charge in [0.1, 0.15) is 5.69 Å². The Kier molecular flexibility index (Phi) is 4.29. The Morgan fingerprint density at radius 2 is 1.95 bits per heavy atom. The Labute approximate surface area is 120 Å². The molecule has 1 unspecified atom stereocenters. The third-order valence-corrected chi connectivity index (χ3v) is 3.02. The topological polar surface area (TPSA) is 130 Å². The Bertz CT molecular complexity index is 648. The molecule has 0 aliphatic carbocycles. The van der Waals surface area contributed by atoms with Crippen LogP contribution in [0.1, 0.15) is 17.4 Å². The zero-order valence-electron chi connectivity index (χ0n) is 11.4. The first-order valence-electron chi connectivity index (χ1n) is 6.17. The number of rotatable bonds is 5. The molecule has 1 aromatic heterocycles. The van der Waals surface area contributed by atoms with Gasteiger partial charge in [-0.05, 0) is 5.56 Å². The quantitative estimate of drug-likeness (QED) is 0.629. The Morgan fingerprint density at radius 3 is 2.52 bits per heavy atom. The molecule has 1 atom stereocenters. The highest BCUT2D eigenvalue weighted by molar-refractivity contribution is 5.57. The van der Waals surface area contributed by atoms with Gasteiger partial charge in [0.15, 0.2) is 0 Å². The Balaban J connectivity index is 2.40. The molecule has 1 aromatic carbocycles. The van der Waals surface area contributed by atoms with E-state index < -0.39 is 11.0 Å². The van der Waals surface area contributed by atoms with Gasteiger partial charge in [-0.2, -0.15) is 4.98 Å². The van der Waals surface area contributed by atoms with Gasteiger partial charge in [0.2, 0.25) is 11.8 Å². The van der Waals surface area contributed by atoms with Crippen LogP contribution in [0.15, 0.2) is 30.3 Å². The molecule has 0 bridgehead atoms. The lowest BCUT2D eigenvalue weighted by Gasteiger charge is -2.15. The first-order chi connectivity index (χ1) is 10.0. The van der Waals surface area contributed by atoms with Gasteiger partial charge in [0.25, 0.3) is 0 Å². The zero-order valence-corrected chi connectivity index (χ0v) is 11.4. The van der Waals surface area contributed by atoms with Crippen LogP contribution in [0.5, 0.6) is 0 Å². The number of aromatic nitrogens is 2. The monoisotopic (exact) mass is 289 g/mol. The van der Waals surface area contributed by atoms with Crippen molar-refractivity contribution in [2.75, 3.05) is 18.6 Å². The second-order valence-electron chi connectivity index (χ2n) is 4.36. The number of nitrogen functional groups attached to an aromatic ring is 2. The molecule has 1 heterocycles. The predicted octanol–water partition coefficient (Wildman–Crippen LogP) is 1.48. The van der Waals surface area contributed by atoms with E-state index in [4.69, 9.17) is 16.2 Å².